The van der Waals surface area contributed by atoms with Gasteiger partial charge < -0.3 is 9.47 Å². The Kier molecular flexibility index (Phi) is 6.69. The Labute approximate surface area is 180 Å². The van der Waals surface area contributed by atoms with Crippen molar-refractivity contribution in [3.05, 3.63) is 61.9 Å². The molecule has 8 heteroatoms. The van der Waals surface area contributed by atoms with Crippen molar-refractivity contribution in [1.82, 2.24) is 4.90 Å². The second-order valence-corrected chi connectivity index (χ2v) is 8.14. The van der Waals surface area contributed by atoms with Crippen molar-refractivity contribution in [2.75, 3.05) is 13.7 Å². The monoisotopic (exact) mass is 481 g/mol. The number of hydrogen-bond donors (Lipinski definition) is 0. The zero-order valence-corrected chi connectivity index (χ0v) is 18.4. The van der Waals surface area contributed by atoms with E-state index < -0.39 is 0 Å². The van der Waals surface area contributed by atoms with Gasteiger partial charge in [-0.25, -0.2) is 0 Å². The molecule has 146 valence electrons. The van der Waals surface area contributed by atoms with E-state index in [-0.39, 0.29) is 17.7 Å². The van der Waals surface area contributed by atoms with Crippen LogP contribution in [0.15, 0.2) is 45.8 Å². The molecule has 2 aromatic carbocycles. The molecule has 0 atom stereocenters. The molecule has 0 radical (unpaired) electrons. The van der Waals surface area contributed by atoms with Crippen molar-refractivity contribution in [1.29, 1.82) is 0 Å². The molecule has 1 aliphatic heterocycles. The molecular weight excluding hydrogens is 466 g/mol. The maximum Gasteiger partial charge on any atom is 0.293 e. The van der Waals surface area contributed by atoms with Crippen LogP contribution in [0.25, 0.3) is 6.08 Å². The summed E-state index contributed by atoms with van der Waals surface area (Å²) in [5.41, 5.74) is 1.51. The number of nitrogens with zero attached hydrogens (tertiary/aromatic N) is 1. The fraction of sp³-hybridized carbons (Fsp3) is 0.200. The lowest BCUT2D eigenvalue weighted by Crippen LogP contribution is -2.27. The number of ether oxygens (including phenoxy) is 2. The topological polar surface area (TPSA) is 55.8 Å². The van der Waals surface area contributed by atoms with E-state index in [4.69, 9.17) is 21.1 Å². The molecule has 1 heterocycles. The first-order chi connectivity index (χ1) is 13.4. The molecule has 0 unspecified atom stereocenters. The van der Waals surface area contributed by atoms with Gasteiger partial charge in [0.2, 0.25) is 0 Å². The number of thioether (sulfide) groups is 1. The van der Waals surface area contributed by atoms with Crippen LogP contribution >= 0.6 is 39.3 Å². The lowest BCUT2D eigenvalue weighted by molar-refractivity contribution is -0.123. The Hall–Kier alpha value is -1.96. The van der Waals surface area contributed by atoms with Crippen molar-refractivity contribution in [3.63, 3.8) is 0 Å². The predicted molar refractivity (Wildman–Crippen MR) is 115 cm³/mol. The van der Waals surface area contributed by atoms with E-state index in [0.29, 0.717) is 33.6 Å². The molecule has 5 nitrogen and oxygen atoms in total. The van der Waals surface area contributed by atoms with Crippen LogP contribution < -0.4 is 9.47 Å². The largest absolute Gasteiger partial charge is 0.493 e. The highest BCUT2D eigenvalue weighted by Gasteiger charge is 2.35. The fourth-order valence-corrected chi connectivity index (χ4v) is 4.16. The van der Waals surface area contributed by atoms with Crippen molar-refractivity contribution in [2.24, 2.45) is 0 Å². The minimum atomic E-state index is -0.338. The van der Waals surface area contributed by atoms with E-state index in [0.717, 1.165) is 21.8 Å². The molecule has 0 spiro atoms. The molecule has 28 heavy (non-hydrogen) atoms. The number of carbonyl (C=O) groups excluding carboxylic acids is 2. The van der Waals surface area contributed by atoms with Gasteiger partial charge in [0.05, 0.1) is 25.2 Å². The van der Waals surface area contributed by atoms with Crippen molar-refractivity contribution < 1.29 is 19.1 Å². The number of imide groups is 1. The van der Waals surface area contributed by atoms with Crippen molar-refractivity contribution in [3.8, 4) is 11.5 Å². The third-order valence-electron chi connectivity index (χ3n) is 3.97. The van der Waals surface area contributed by atoms with E-state index in [1.54, 1.807) is 43.5 Å². The predicted octanol–water partition coefficient (Wildman–Crippen LogP) is 5.75. The van der Waals surface area contributed by atoms with Crippen LogP contribution in [0.2, 0.25) is 5.02 Å². The maximum absolute atomic E-state index is 12.8. The van der Waals surface area contributed by atoms with Crippen molar-refractivity contribution >= 4 is 56.5 Å². The third kappa shape index (κ3) is 4.54. The summed E-state index contributed by atoms with van der Waals surface area (Å²) < 4.78 is 11.6. The lowest BCUT2D eigenvalue weighted by atomic mass is 10.1. The van der Waals surface area contributed by atoms with Crippen LogP contribution in [0.3, 0.4) is 0 Å². The summed E-state index contributed by atoms with van der Waals surface area (Å²) in [5, 5.41) is 0.246. The zero-order valence-electron chi connectivity index (χ0n) is 15.2. The minimum absolute atomic E-state index is 0.177. The Morgan fingerprint density at radius 1 is 1.21 bits per heavy atom. The van der Waals surface area contributed by atoms with E-state index in [9.17, 15) is 9.59 Å². The number of halogens is 2. The van der Waals surface area contributed by atoms with Crippen LogP contribution in [0.1, 0.15) is 18.1 Å². The molecule has 3 rings (SSSR count). The van der Waals surface area contributed by atoms with Crippen LogP contribution in [0.4, 0.5) is 4.79 Å². The summed E-state index contributed by atoms with van der Waals surface area (Å²) in [6.45, 7) is 2.57. The van der Waals surface area contributed by atoms with Gasteiger partial charge in [-0.05, 0) is 60.2 Å². The second kappa shape index (κ2) is 9.03. The quantitative estimate of drug-likeness (QED) is 0.491. The average Bonchev–Trinajstić information content (AvgIpc) is 2.91. The van der Waals surface area contributed by atoms with Crippen LogP contribution in [-0.4, -0.2) is 29.8 Å². The van der Waals surface area contributed by atoms with E-state index in [1.165, 1.54) is 4.90 Å². The van der Waals surface area contributed by atoms with Gasteiger partial charge in [-0.2, -0.15) is 0 Å². The van der Waals surface area contributed by atoms with Gasteiger partial charge in [-0.1, -0.05) is 39.7 Å². The first-order valence-electron chi connectivity index (χ1n) is 8.43. The lowest BCUT2D eigenvalue weighted by Gasteiger charge is -2.13. The van der Waals surface area contributed by atoms with Crippen LogP contribution in [0.5, 0.6) is 11.5 Å². The Balaban J connectivity index is 1.87. The molecule has 0 aliphatic carbocycles. The van der Waals surface area contributed by atoms with E-state index in [1.807, 2.05) is 13.0 Å². The fourth-order valence-electron chi connectivity index (χ4n) is 2.68. The summed E-state index contributed by atoms with van der Waals surface area (Å²) in [6.07, 6.45) is 1.67. The van der Waals surface area contributed by atoms with E-state index in [2.05, 4.69) is 15.9 Å². The van der Waals surface area contributed by atoms with Crippen molar-refractivity contribution in [2.45, 2.75) is 13.5 Å². The first-order valence-corrected chi connectivity index (χ1v) is 10.4. The molecule has 0 saturated carbocycles. The van der Waals surface area contributed by atoms with Gasteiger partial charge in [0.1, 0.15) is 0 Å². The minimum Gasteiger partial charge on any atom is -0.493 e. The molecule has 1 aliphatic rings. The second-order valence-electron chi connectivity index (χ2n) is 5.86. The molecule has 2 aromatic rings. The zero-order chi connectivity index (χ0) is 20.3. The Morgan fingerprint density at radius 3 is 2.68 bits per heavy atom. The van der Waals surface area contributed by atoms with Gasteiger partial charge in [-0.3, -0.25) is 14.5 Å². The van der Waals surface area contributed by atoms with Gasteiger partial charge in [0.25, 0.3) is 11.1 Å². The summed E-state index contributed by atoms with van der Waals surface area (Å²) in [4.78, 5) is 26.7. The number of benzene rings is 2. The third-order valence-corrected chi connectivity index (χ3v) is 5.80. The maximum atomic E-state index is 12.8. The number of methoxy groups -OCH3 is 1. The summed E-state index contributed by atoms with van der Waals surface area (Å²) in [7, 11) is 1.55. The molecule has 1 saturated heterocycles. The summed E-state index contributed by atoms with van der Waals surface area (Å²) >= 11 is 10.4. The highest BCUT2D eigenvalue weighted by molar-refractivity contribution is 9.10. The highest BCUT2D eigenvalue weighted by atomic mass is 79.9. The first kappa shape index (κ1) is 20.8. The highest BCUT2D eigenvalue weighted by Crippen LogP contribution is 2.38. The van der Waals surface area contributed by atoms with Crippen LogP contribution in [-0.2, 0) is 11.3 Å². The van der Waals surface area contributed by atoms with Crippen LogP contribution in [0, 0.1) is 0 Å². The number of carbonyl (C=O) groups is 2. The molecular formula is C20H17BrClNO4S. The normalized spacial score (nSPS) is 15.4. The summed E-state index contributed by atoms with van der Waals surface area (Å²) in [6, 6.07) is 10.6. The molecule has 0 aromatic heterocycles. The van der Waals surface area contributed by atoms with Gasteiger partial charge in [0.15, 0.2) is 11.5 Å². The summed E-state index contributed by atoms with van der Waals surface area (Å²) in [5.74, 6) is 0.812. The molecule has 0 bridgehead atoms. The number of rotatable bonds is 6. The number of amides is 2. The Bertz CT molecular complexity index is 963. The van der Waals surface area contributed by atoms with Gasteiger partial charge in [-0.15, -0.1) is 0 Å². The van der Waals surface area contributed by atoms with Gasteiger partial charge in [0, 0.05) is 9.50 Å². The SMILES string of the molecule is CCOc1cc(Br)c(/C=C2\SC(=O)N(Cc3cccc(Cl)c3)C2=O)cc1OC. The van der Waals surface area contributed by atoms with E-state index >= 15 is 0 Å². The smallest absolute Gasteiger partial charge is 0.293 e. The molecule has 2 amide bonds. The average molecular weight is 483 g/mol. The number of hydrogen-bond acceptors (Lipinski definition) is 5. The standard InChI is InChI=1S/C20H17BrClNO4S/c1-3-27-17-10-15(21)13(8-16(17)26-2)9-18-19(24)23(20(25)28-18)11-12-5-4-6-14(22)7-12/h4-10H,3,11H2,1-2H3/b18-9-. The Morgan fingerprint density at radius 2 is 2.00 bits per heavy atom. The molecule has 1 fully saturated rings. The van der Waals surface area contributed by atoms with Gasteiger partial charge >= 0.3 is 0 Å². The molecule has 0 N–H and O–H groups in total.